The lowest BCUT2D eigenvalue weighted by Crippen LogP contribution is -2.43. The molecule has 2 rings (SSSR count). The Balaban J connectivity index is 1.78. The van der Waals surface area contributed by atoms with Gasteiger partial charge in [-0.3, -0.25) is 0 Å². The lowest BCUT2D eigenvalue weighted by Gasteiger charge is -2.38. The normalized spacial score (nSPS) is 34.9. The summed E-state index contributed by atoms with van der Waals surface area (Å²) in [5.74, 6) is 0.278. The zero-order chi connectivity index (χ0) is 10.7. The summed E-state index contributed by atoms with van der Waals surface area (Å²) in [6, 6.07) is 2.98. The highest BCUT2D eigenvalue weighted by molar-refractivity contribution is 4.90. The number of hydrogen-bond acceptors (Lipinski definition) is 2. The molecule has 1 saturated heterocycles. The van der Waals surface area contributed by atoms with Crippen molar-refractivity contribution in [2.24, 2.45) is 5.92 Å². The van der Waals surface area contributed by atoms with Gasteiger partial charge in [0.2, 0.25) is 0 Å². The van der Waals surface area contributed by atoms with Crippen LogP contribution in [0.5, 0.6) is 0 Å². The van der Waals surface area contributed by atoms with Crippen LogP contribution in [0, 0.1) is 17.2 Å². The summed E-state index contributed by atoms with van der Waals surface area (Å²) in [6.07, 6.45) is 5.19. The third-order valence-electron chi connectivity index (χ3n) is 3.85. The Kier molecular flexibility index (Phi) is 3.58. The van der Waals surface area contributed by atoms with E-state index in [2.05, 4.69) is 11.0 Å². The summed E-state index contributed by atoms with van der Waals surface area (Å²) in [5, 5.41) is 8.81. The second-order valence-electron chi connectivity index (χ2n) is 4.85. The third-order valence-corrected chi connectivity index (χ3v) is 3.85. The van der Waals surface area contributed by atoms with Gasteiger partial charge in [0.25, 0.3) is 0 Å². The van der Waals surface area contributed by atoms with Crippen LogP contribution in [0.25, 0.3) is 0 Å². The number of nitriles is 1. The molecular formula is C12H19FN2. The number of nitrogens with zero attached hydrogens (tertiary/aromatic N) is 2. The highest BCUT2D eigenvalue weighted by Crippen LogP contribution is 2.29. The molecule has 0 aromatic heterocycles. The van der Waals surface area contributed by atoms with Crippen LogP contribution in [0.3, 0.4) is 0 Å². The summed E-state index contributed by atoms with van der Waals surface area (Å²) in [7, 11) is 0. The first kappa shape index (κ1) is 10.9. The number of halogens is 1. The maximum atomic E-state index is 13.0. The van der Waals surface area contributed by atoms with E-state index in [9.17, 15) is 4.39 Å². The largest absolute Gasteiger partial charge is 0.300 e. The van der Waals surface area contributed by atoms with Gasteiger partial charge in [-0.2, -0.15) is 5.26 Å². The van der Waals surface area contributed by atoms with Gasteiger partial charge >= 0.3 is 0 Å². The summed E-state index contributed by atoms with van der Waals surface area (Å²) < 4.78 is 13.0. The van der Waals surface area contributed by atoms with E-state index in [-0.39, 0.29) is 5.92 Å². The fourth-order valence-electron chi connectivity index (χ4n) is 2.80. The van der Waals surface area contributed by atoms with Crippen molar-refractivity contribution in [3.63, 3.8) is 0 Å². The van der Waals surface area contributed by atoms with Gasteiger partial charge in [0.1, 0.15) is 6.17 Å². The Bertz CT molecular complexity index is 232. The van der Waals surface area contributed by atoms with Gasteiger partial charge in [-0.15, -0.1) is 0 Å². The SMILES string of the molecule is N#C[C@H]1CC[C@H](N2CCC(F)CC2)CC1. The Labute approximate surface area is 91.1 Å². The van der Waals surface area contributed by atoms with Crippen molar-refractivity contribution in [1.29, 1.82) is 5.26 Å². The van der Waals surface area contributed by atoms with Crippen LogP contribution >= 0.6 is 0 Å². The highest BCUT2D eigenvalue weighted by Gasteiger charge is 2.28. The smallest absolute Gasteiger partial charge is 0.103 e. The maximum Gasteiger partial charge on any atom is 0.103 e. The molecule has 0 radical (unpaired) electrons. The monoisotopic (exact) mass is 210 g/mol. The predicted molar refractivity (Wildman–Crippen MR) is 57.1 cm³/mol. The first-order valence-corrected chi connectivity index (χ1v) is 6.07. The van der Waals surface area contributed by atoms with E-state index in [1.165, 1.54) is 0 Å². The number of likely N-dealkylation sites (tertiary alicyclic amines) is 1. The summed E-state index contributed by atoms with van der Waals surface area (Å²) in [5.41, 5.74) is 0. The Morgan fingerprint density at radius 2 is 1.60 bits per heavy atom. The standard InChI is InChI=1S/C12H19FN2/c13-11-5-7-15(8-6-11)12-3-1-10(9-14)2-4-12/h10-12H,1-8H2/t10-,12-. The van der Waals surface area contributed by atoms with Crippen LogP contribution in [-0.2, 0) is 0 Å². The van der Waals surface area contributed by atoms with Gasteiger partial charge < -0.3 is 4.90 Å². The van der Waals surface area contributed by atoms with Crippen LogP contribution in [-0.4, -0.2) is 30.2 Å². The van der Waals surface area contributed by atoms with E-state index in [1.807, 2.05) is 0 Å². The van der Waals surface area contributed by atoms with E-state index in [4.69, 9.17) is 5.26 Å². The molecule has 0 atom stereocenters. The molecule has 1 aliphatic heterocycles. The first-order valence-electron chi connectivity index (χ1n) is 6.07. The molecule has 0 unspecified atom stereocenters. The second-order valence-corrected chi connectivity index (χ2v) is 4.85. The zero-order valence-electron chi connectivity index (χ0n) is 9.16. The number of alkyl halides is 1. The van der Waals surface area contributed by atoms with Crippen LogP contribution in [0.2, 0.25) is 0 Å². The number of piperidine rings is 1. The second kappa shape index (κ2) is 4.94. The topological polar surface area (TPSA) is 27.0 Å². The fraction of sp³-hybridized carbons (Fsp3) is 0.917. The highest BCUT2D eigenvalue weighted by atomic mass is 19.1. The summed E-state index contributed by atoms with van der Waals surface area (Å²) >= 11 is 0. The van der Waals surface area contributed by atoms with Gasteiger partial charge in [-0.05, 0) is 38.5 Å². The quantitative estimate of drug-likeness (QED) is 0.665. The molecule has 2 aliphatic rings. The van der Waals surface area contributed by atoms with Crippen molar-refractivity contribution in [3.05, 3.63) is 0 Å². The van der Waals surface area contributed by atoms with Gasteiger partial charge in [0, 0.05) is 25.0 Å². The average molecular weight is 210 g/mol. The molecule has 1 heterocycles. The number of hydrogen-bond donors (Lipinski definition) is 0. The van der Waals surface area contributed by atoms with Crippen molar-refractivity contribution in [2.45, 2.75) is 50.7 Å². The van der Waals surface area contributed by atoms with Crippen LogP contribution < -0.4 is 0 Å². The molecule has 1 saturated carbocycles. The molecule has 0 amide bonds. The van der Waals surface area contributed by atoms with E-state index >= 15 is 0 Å². The Morgan fingerprint density at radius 3 is 2.13 bits per heavy atom. The lowest BCUT2D eigenvalue weighted by atomic mass is 9.85. The Morgan fingerprint density at radius 1 is 1.00 bits per heavy atom. The molecule has 2 nitrogen and oxygen atoms in total. The molecule has 15 heavy (non-hydrogen) atoms. The van der Waals surface area contributed by atoms with Crippen LogP contribution in [0.1, 0.15) is 38.5 Å². The van der Waals surface area contributed by atoms with Crippen LogP contribution in [0.15, 0.2) is 0 Å². The van der Waals surface area contributed by atoms with Gasteiger partial charge in [-0.25, -0.2) is 4.39 Å². The zero-order valence-corrected chi connectivity index (χ0v) is 9.16. The van der Waals surface area contributed by atoms with Crippen molar-refractivity contribution in [1.82, 2.24) is 4.90 Å². The van der Waals surface area contributed by atoms with E-state index < -0.39 is 6.17 Å². The van der Waals surface area contributed by atoms with Gasteiger partial charge in [0.15, 0.2) is 0 Å². The fourth-order valence-corrected chi connectivity index (χ4v) is 2.80. The number of rotatable bonds is 1. The van der Waals surface area contributed by atoms with Gasteiger partial charge in [0.05, 0.1) is 6.07 Å². The molecule has 2 fully saturated rings. The molecule has 84 valence electrons. The first-order chi connectivity index (χ1) is 7.29. The molecule has 1 aliphatic carbocycles. The minimum atomic E-state index is -0.573. The summed E-state index contributed by atoms with van der Waals surface area (Å²) in [4.78, 5) is 2.43. The predicted octanol–water partition coefficient (Wildman–Crippen LogP) is 2.50. The van der Waals surface area contributed by atoms with Crippen molar-refractivity contribution in [2.75, 3.05) is 13.1 Å². The molecule has 3 heteroatoms. The average Bonchev–Trinajstić information content (AvgIpc) is 2.30. The molecule has 0 aromatic carbocycles. The third kappa shape index (κ3) is 2.69. The van der Waals surface area contributed by atoms with E-state index in [1.54, 1.807) is 0 Å². The Hall–Kier alpha value is -0.620. The molecule has 0 bridgehead atoms. The maximum absolute atomic E-state index is 13.0. The van der Waals surface area contributed by atoms with Gasteiger partial charge in [-0.1, -0.05) is 0 Å². The summed E-state index contributed by atoms with van der Waals surface area (Å²) in [6.45, 7) is 1.84. The minimum absolute atomic E-state index is 0.278. The van der Waals surface area contributed by atoms with Crippen molar-refractivity contribution in [3.8, 4) is 6.07 Å². The van der Waals surface area contributed by atoms with Crippen molar-refractivity contribution < 1.29 is 4.39 Å². The molecule has 0 aromatic rings. The van der Waals surface area contributed by atoms with E-state index in [0.717, 1.165) is 38.8 Å². The minimum Gasteiger partial charge on any atom is -0.300 e. The van der Waals surface area contributed by atoms with Crippen molar-refractivity contribution >= 4 is 0 Å². The lowest BCUT2D eigenvalue weighted by molar-refractivity contribution is 0.0864. The van der Waals surface area contributed by atoms with E-state index in [0.29, 0.717) is 18.9 Å². The molecule has 0 N–H and O–H groups in total. The molecular weight excluding hydrogens is 191 g/mol. The molecule has 0 spiro atoms. The van der Waals surface area contributed by atoms with Crippen LogP contribution in [0.4, 0.5) is 4.39 Å².